The molecule has 33 heavy (non-hydrogen) atoms. The quantitative estimate of drug-likeness (QED) is 0.450. The second kappa shape index (κ2) is 9.09. The zero-order chi connectivity index (χ0) is 22.8. The van der Waals surface area contributed by atoms with Crippen LogP contribution in [-0.4, -0.2) is 37.9 Å². The number of carboxylic acid groups (broad SMARTS) is 1. The molecule has 7 nitrogen and oxygen atoms in total. The number of benzene rings is 3. The number of carboxylic acids is 1. The van der Waals surface area contributed by atoms with E-state index in [0.717, 1.165) is 16.0 Å². The van der Waals surface area contributed by atoms with Crippen molar-refractivity contribution in [2.24, 2.45) is 0 Å². The van der Waals surface area contributed by atoms with Crippen molar-refractivity contribution >= 4 is 34.0 Å². The molecule has 0 fully saturated rings. The molecule has 0 bridgehead atoms. The highest BCUT2D eigenvalue weighted by Gasteiger charge is 2.26. The number of aromatic carboxylic acids is 1. The molecule has 1 aliphatic rings. The van der Waals surface area contributed by atoms with E-state index in [0.29, 0.717) is 41.6 Å². The first-order chi connectivity index (χ1) is 16.1. The van der Waals surface area contributed by atoms with E-state index in [9.17, 15) is 14.5 Å². The van der Waals surface area contributed by atoms with Crippen molar-refractivity contribution in [3.63, 3.8) is 0 Å². The lowest BCUT2D eigenvalue weighted by atomic mass is 10.1. The third kappa shape index (κ3) is 4.48. The summed E-state index contributed by atoms with van der Waals surface area (Å²) < 4.78 is 18.7. The topological polar surface area (TPSA) is 98.6 Å². The van der Waals surface area contributed by atoms with E-state index < -0.39 is 17.1 Å². The van der Waals surface area contributed by atoms with Gasteiger partial charge < -0.3 is 19.3 Å². The highest BCUT2D eigenvalue weighted by atomic mass is 32.2. The molecule has 166 valence electrons. The van der Waals surface area contributed by atoms with E-state index in [1.54, 1.807) is 6.07 Å². The van der Waals surface area contributed by atoms with Crippen molar-refractivity contribution in [2.75, 3.05) is 17.2 Å². The summed E-state index contributed by atoms with van der Waals surface area (Å²) in [5, 5.41) is 9.97. The molecular weight excluding hydrogens is 438 g/mol. The summed E-state index contributed by atoms with van der Waals surface area (Å²) in [6, 6.07) is 22.1. The number of hydrogen-bond acceptors (Lipinski definition) is 6. The minimum Gasteiger partial charge on any atom is -0.611 e. The van der Waals surface area contributed by atoms with E-state index in [4.69, 9.17) is 9.72 Å². The molecule has 1 atom stereocenters. The van der Waals surface area contributed by atoms with Gasteiger partial charge in [-0.15, -0.1) is 0 Å². The van der Waals surface area contributed by atoms with Crippen molar-refractivity contribution in [1.82, 2.24) is 9.97 Å². The average molecular weight is 460 g/mol. The Morgan fingerprint density at radius 3 is 2.67 bits per heavy atom. The van der Waals surface area contributed by atoms with Gasteiger partial charge in [0.05, 0.1) is 29.6 Å². The average Bonchev–Trinajstić information content (AvgIpc) is 3.01. The fraction of sp³-hybridized carbons (Fsp3) is 0.160. The highest BCUT2D eigenvalue weighted by Crippen LogP contribution is 2.30. The van der Waals surface area contributed by atoms with Gasteiger partial charge in [0.15, 0.2) is 4.90 Å². The molecule has 8 heteroatoms. The van der Waals surface area contributed by atoms with Crippen molar-refractivity contribution in [3.8, 4) is 5.88 Å². The molecule has 1 N–H and O–H groups in total. The summed E-state index contributed by atoms with van der Waals surface area (Å²) >= 11 is -1.09. The van der Waals surface area contributed by atoms with E-state index in [1.165, 1.54) is 12.1 Å². The van der Waals surface area contributed by atoms with Crippen LogP contribution in [-0.2, 0) is 24.3 Å². The van der Waals surface area contributed by atoms with E-state index in [-0.39, 0.29) is 12.2 Å². The van der Waals surface area contributed by atoms with Crippen LogP contribution in [0.4, 0.5) is 5.95 Å². The number of nitrogens with zero attached hydrogens (tertiary/aromatic N) is 3. The van der Waals surface area contributed by atoms with Gasteiger partial charge >= 0.3 is 5.97 Å². The van der Waals surface area contributed by atoms with E-state index in [1.807, 2.05) is 59.5 Å². The number of fused-ring (bicyclic) bond motifs is 2. The van der Waals surface area contributed by atoms with Gasteiger partial charge in [-0.3, -0.25) is 0 Å². The molecular formula is C25H21N3O4S. The predicted octanol–water partition coefficient (Wildman–Crippen LogP) is 4.03. The van der Waals surface area contributed by atoms with Crippen molar-refractivity contribution in [3.05, 3.63) is 89.5 Å². The maximum atomic E-state index is 12.7. The van der Waals surface area contributed by atoms with Crippen molar-refractivity contribution in [1.29, 1.82) is 0 Å². The number of aromatic nitrogens is 2. The summed E-state index contributed by atoms with van der Waals surface area (Å²) in [4.78, 5) is 23.7. The number of carbonyl (C=O) groups is 1. The fourth-order valence-electron chi connectivity index (χ4n) is 3.81. The number of hydrogen-bond donors (Lipinski definition) is 1. The Kier molecular flexibility index (Phi) is 5.85. The van der Waals surface area contributed by atoms with Crippen LogP contribution in [0.2, 0.25) is 0 Å². The SMILES string of the molecule is O=C(O)c1ccc2nc(N3CC[S+]([O-])c4ccccc4C3)nc(OCc3ccccc3)c2c1. The lowest BCUT2D eigenvalue weighted by Crippen LogP contribution is -2.27. The molecule has 1 aliphatic heterocycles. The Morgan fingerprint density at radius 2 is 1.85 bits per heavy atom. The Hall–Kier alpha value is -3.62. The van der Waals surface area contributed by atoms with Crippen LogP contribution in [0.5, 0.6) is 5.88 Å². The summed E-state index contributed by atoms with van der Waals surface area (Å²) in [5.41, 5.74) is 2.68. The molecule has 0 radical (unpaired) electrons. The normalized spacial score (nSPS) is 15.7. The first-order valence-corrected chi connectivity index (χ1v) is 11.8. The lowest BCUT2D eigenvalue weighted by molar-refractivity contribution is 0.0697. The molecule has 1 unspecified atom stereocenters. The maximum Gasteiger partial charge on any atom is 0.335 e. The van der Waals surface area contributed by atoms with Crippen LogP contribution in [0, 0.1) is 0 Å². The van der Waals surface area contributed by atoms with Gasteiger partial charge in [0.1, 0.15) is 12.4 Å². The van der Waals surface area contributed by atoms with Crippen LogP contribution in [0.15, 0.2) is 77.7 Å². The van der Waals surface area contributed by atoms with Crippen LogP contribution >= 0.6 is 0 Å². The van der Waals surface area contributed by atoms with Gasteiger partial charge in [-0.1, -0.05) is 48.5 Å². The minimum absolute atomic E-state index is 0.141. The Morgan fingerprint density at radius 1 is 1.06 bits per heavy atom. The molecule has 0 saturated carbocycles. The third-order valence-corrected chi connectivity index (χ3v) is 6.97. The summed E-state index contributed by atoms with van der Waals surface area (Å²) in [6.45, 7) is 1.34. The van der Waals surface area contributed by atoms with Gasteiger partial charge in [0.2, 0.25) is 11.8 Å². The van der Waals surface area contributed by atoms with Crippen molar-refractivity contribution in [2.45, 2.75) is 18.0 Å². The van der Waals surface area contributed by atoms with Gasteiger partial charge in [-0.05, 0) is 41.0 Å². The summed E-state index contributed by atoms with van der Waals surface area (Å²) in [5.74, 6) is 0.223. The molecule has 4 aromatic rings. The van der Waals surface area contributed by atoms with Crippen LogP contribution in [0.25, 0.3) is 10.9 Å². The largest absolute Gasteiger partial charge is 0.611 e. The van der Waals surface area contributed by atoms with E-state index in [2.05, 4.69) is 4.98 Å². The molecule has 2 heterocycles. The van der Waals surface area contributed by atoms with Gasteiger partial charge in [-0.2, -0.15) is 4.98 Å². The minimum atomic E-state index is -1.09. The monoisotopic (exact) mass is 459 g/mol. The lowest BCUT2D eigenvalue weighted by Gasteiger charge is -2.21. The Labute approximate surface area is 193 Å². The van der Waals surface area contributed by atoms with Gasteiger partial charge in [0.25, 0.3) is 0 Å². The number of anilines is 1. The number of rotatable bonds is 5. The predicted molar refractivity (Wildman–Crippen MR) is 126 cm³/mol. The molecule has 0 saturated heterocycles. The molecule has 5 rings (SSSR count). The van der Waals surface area contributed by atoms with E-state index >= 15 is 0 Å². The number of ether oxygens (including phenoxy) is 1. The summed E-state index contributed by atoms with van der Waals surface area (Å²) in [7, 11) is 0. The van der Waals surface area contributed by atoms with Gasteiger partial charge in [-0.25, -0.2) is 9.78 Å². The van der Waals surface area contributed by atoms with Crippen LogP contribution in [0.1, 0.15) is 21.5 Å². The zero-order valence-corrected chi connectivity index (χ0v) is 18.5. The highest BCUT2D eigenvalue weighted by molar-refractivity contribution is 7.91. The molecule has 1 aromatic heterocycles. The first kappa shape index (κ1) is 21.2. The second-order valence-electron chi connectivity index (χ2n) is 7.72. The Bertz CT molecular complexity index is 1320. The maximum absolute atomic E-state index is 12.7. The second-order valence-corrected chi connectivity index (χ2v) is 9.26. The smallest absolute Gasteiger partial charge is 0.335 e. The van der Waals surface area contributed by atoms with Gasteiger partial charge in [0, 0.05) is 5.56 Å². The third-order valence-electron chi connectivity index (χ3n) is 5.52. The molecule has 3 aromatic carbocycles. The van der Waals surface area contributed by atoms with Crippen LogP contribution < -0.4 is 9.64 Å². The van der Waals surface area contributed by atoms with Crippen LogP contribution in [0.3, 0.4) is 0 Å². The Balaban J connectivity index is 1.55. The molecule has 0 spiro atoms. The summed E-state index contributed by atoms with van der Waals surface area (Å²) in [6.07, 6.45) is 0. The van der Waals surface area contributed by atoms with Crippen molar-refractivity contribution < 1.29 is 19.2 Å². The zero-order valence-electron chi connectivity index (χ0n) is 17.7. The fourth-order valence-corrected chi connectivity index (χ4v) is 5.08. The standard InChI is InChI=1S/C25H21N3O4S/c29-24(30)18-10-11-21-20(14-18)23(32-16-17-6-2-1-3-7-17)27-25(26-21)28-12-13-33(31)22-9-5-4-8-19(22)15-28/h1-11,14H,12-13,15-16H2,(H,29,30). The molecule has 0 aliphatic carbocycles. The molecule has 0 amide bonds. The first-order valence-electron chi connectivity index (χ1n) is 10.5.